The third-order valence-corrected chi connectivity index (χ3v) is 4.83. The number of aliphatic hydroxyl groups excluding tert-OH is 1. The lowest BCUT2D eigenvalue weighted by molar-refractivity contribution is 0.174. The Morgan fingerprint density at radius 1 is 1.20 bits per heavy atom. The quantitative estimate of drug-likeness (QED) is 0.918. The highest BCUT2D eigenvalue weighted by atomic mass is 16.3. The first-order valence-corrected chi connectivity index (χ1v) is 8.05. The van der Waals surface area contributed by atoms with Crippen molar-refractivity contribution in [2.24, 2.45) is 0 Å². The molecule has 3 rings (SSSR count). The van der Waals surface area contributed by atoms with Crippen LogP contribution in [0.4, 0.5) is 5.69 Å². The minimum atomic E-state index is -0.339. The number of fused-ring (bicyclic) bond motifs is 1. The lowest BCUT2D eigenvalue weighted by atomic mass is 10.0. The zero-order valence-electron chi connectivity index (χ0n) is 12.5. The van der Waals surface area contributed by atoms with E-state index in [0.717, 1.165) is 25.1 Å². The normalized spacial score (nSPS) is 25.3. The number of rotatable bonds is 3. The summed E-state index contributed by atoms with van der Waals surface area (Å²) in [7, 11) is 0. The van der Waals surface area contributed by atoms with Crippen molar-refractivity contribution in [2.75, 3.05) is 31.1 Å². The zero-order valence-corrected chi connectivity index (χ0v) is 12.5. The molecule has 2 saturated heterocycles. The summed E-state index contributed by atoms with van der Waals surface area (Å²) < 4.78 is 0. The van der Waals surface area contributed by atoms with Crippen molar-refractivity contribution in [1.82, 2.24) is 4.90 Å². The van der Waals surface area contributed by atoms with Gasteiger partial charge < -0.3 is 10.0 Å². The van der Waals surface area contributed by atoms with Gasteiger partial charge in [0, 0.05) is 36.9 Å². The third-order valence-electron chi connectivity index (χ3n) is 4.83. The fourth-order valence-corrected chi connectivity index (χ4v) is 3.70. The molecule has 0 bridgehead atoms. The summed E-state index contributed by atoms with van der Waals surface area (Å²) in [6, 6.07) is 9.11. The number of hydrogen-bond acceptors (Lipinski definition) is 3. The fourth-order valence-electron chi connectivity index (χ4n) is 3.70. The molecule has 2 fully saturated rings. The molecule has 3 heteroatoms. The molecular formula is C17H26N2O. The summed E-state index contributed by atoms with van der Waals surface area (Å²) in [4.78, 5) is 5.16. The molecule has 2 heterocycles. The van der Waals surface area contributed by atoms with Crippen LogP contribution in [0.15, 0.2) is 24.3 Å². The van der Waals surface area contributed by atoms with E-state index in [0.29, 0.717) is 6.04 Å². The third kappa shape index (κ3) is 2.70. The molecule has 0 aromatic heterocycles. The summed E-state index contributed by atoms with van der Waals surface area (Å²) in [5.74, 6) is 0. The van der Waals surface area contributed by atoms with Crippen LogP contribution >= 0.6 is 0 Å². The van der Waals surface area contributed by atoms with Crippen molar-refractivity contribution < 1.29 is 5.11 Å². The van der Waals surface area contributed by atoms with Crippen LogP contribution in [0.1, 0.15) is 44.3 Å². The number of anilines is 1. The second kappa shape index (κ2) is 6.15. The fraction of sp³-hybridized carbons (Fsp3) is 0.647. The Morgan fingerprint density at radius 3 is 2.85 bits per heavy atom. The van der Waals surface area contributed by atoms with Gasteiger partial charge in [-0.25, -0.2) is 0 Å². The van der Waals surface area contributed by atoms with Crippen LogP contribution < -0.4 is 4.90 Å². The van der Waals surface area contributed by atoms with E-state index >= 15 is 0 Å². The minimum Gasteiger partial charge on any atom is -0.388 e. The van der Waals surface area contributed by atoms with Crippen LogP contribution in [0, 0.1) is 0 Å². The van der Waals surface area contributed by atoms with Crippen LogP contribution in [0.2, 0.25) is 0 Å². The van der Waals surface area contributed by atoms with Gasteiger partial charge in [0.1, 0.15) is 0 Å². The summed E-state index contributed by atoms with van der Waals surface area (Å²) in [6.45, 7) is 6.79. The lowest BCUT2D eigenvalue weighted by Crippen LogP contribution is -2.37. The molecule has 2 aliphatic heterocycles. The van der Waals surface area contributed by atoms with Crippen LogP contribution in [-0.2, 0) is 0 Å². The number of aliphatic hydroxyl groups is 1. The molecule has 3 nitrogen and oxygen atoms in total. The van der Waals surface area contributed by atoms with Crippen molar-refractivity contribution in [3.05, 3.63) is 29.8 Å². The Kier molecular flexibility index (Phi) is 4.27. The Bertz CT molecular complexity index is 448. The van der Waals surface area contributed by atoms with Gasteiger partial charge in [-0.15, -0.1) is 0 Å². The van der Waals surface area contributed by atoms with Crippen molar-refractivity contribution >= 4 is 5.69 Å². The van der Waals surface area contributed by atoms with Crippen LogP contribution in [0.5, 0.6) is 0 Å². The average molecular weight is 274 g/mol. The van der Waals surface area contributed by atoms with Crippen LogP contribution in [0.25, 0.3) is 0 Å². The zero-order chi connectivity index (χ0) is 13.9. The van der Waals surface area contributed by atoms with E-state index in [1.807, 2.05) is 13.0 Å². The highest BCUT2D eigenvalue weighted by molar-refractivity contribution is 5.55. The maximum atomic E-state index is 10.3. The Morgan fingerprint density at radius 2 is 2.00 bits per heavy atom. The summed E-state index contributed by atoms with van der Waals surface area (Å²) in [5.41, 5.74) is 2.34. The van der Waals surface area contributed by atoms with Gasteiger partial charge in [0.05, 0.1) is 6.10 Å². The van der Waals surface area contributed by atoms with Gasteiger partial charge in [0.2, 0.25) is 0 Å². The van der Waals surface area contributed by atoms with Crippen molar-refractivity contribution in [2.45, 2.75) is 44.8 Å². The van der Waals surface area contributed by atoms with E-state index in [9.17, 15) is 5.11 Å². The smallest absolute Gasteiger partial charge is 0.0807 e. The SMILES string of the molecule is CC[C@H](O)c1ccccc1N1CCCN2CCCC2C1. The van der Waals surface area contributed by atoms with Crippen molar-refractivity contribution in [3.8, 4) is 0 Å². The molecule has 1 aromatic rings. The van der Waals surface area contributed by atoms with Gasteiger partial charge >= 0.3 is 0 Å². The summed E-state index contributed by atoms with van der Waals surface area (Å²) in [6.07, 6.45) is 4.34. The second-order valence-electron chi connectivity index (χ2n) is 6.11. The number of hydrogen-bond donors (Lipinski definition) is 1. The molecule has 2 atom stereocenters. The first kappa shape index (κ1) is 13.9. The molecule has 1 unspecified atom stereocenters. The van der Waals surface area contributed by atoms with E-state index in [2.05, 4.69) is 28.0 Å². The Hall–Kier alpha value is -1.06. The molecule has 1 N–H and O–H groups in total. The first-order valence-electron chi connectivity index (χ1n) is 8.05. The van der Waals surface area contributed by atoms with Gasteiger partial charge in [0.15, 0.2) is 0 Å². The second-order valence-corrected chi connectivity index (χ2v) is 6.11. The van der Waals surface area contributed by atoms with E-state index in [1.165, 1.54) is 38.0 Å². The van der Waals surface area contributed by atoms with E-state index in [-0.39, 0.29) is 6.10 Å². The molecule has 2 aliphatic rings. The highest BCUT2D eigenvalue weighted by Gasteiger charge is 2.29. The molecular weight excluding hydrogens is 248 g/mol. The molecule has 0 aliphatic carbocycles. The topological polar surface area (TPSA) is 26.7 Å². The van der Waals surface area contributed by atoms with E-state index in [4.69, 9.17) is 0 Å². The molecule has 0 radical (unpaired) electrons. The average Bonchev–Trinajstić information content (AvgIpc) is 2.83. The van der Waals surface area contributed by atoms with Gasteiger partial charge in [-0.2, -0.15) is 0 Å². The molecule has 0 saturated carbocycles. The maximum absolute atomic E-state index is 10.3. The summed E-state index contributed by atoms with van der Waals surface area (Å²) in [5, 5.41) is 10.3. The maximum Gasteiger partial charge on any atom is 0.0807 e. The molecule has 110 valence electrons. The predicted molar refractivity (Wildman–Crippen MR) is 83.1 cm³/mol. The number of nitrogens with zero attached hydrogens (tertiary/aromatic N) is 2. The van der Waals surface area contributed by atoms with Crippen LogP contribution in [-0.4, -0.2) is 42.2 Å². The van der Waals surface area contributed by atoms with Crippen LogP contribution in [0.3, 0.4) is 0 Å². The highest BCUT2D eigenvalue weighted by Crippen LogP contribution is 2.31. The number of para-hydroxylation sites is 1. The van der Waals surface area contributed by atoms with E-state index < -0.39 is 0 Å². The lowest BCUT2D eigenvalue weighted by Gasteiger charge is -2.30. The largest absolute Gasteiger partial charge is 0.388 e. The van der Waals surface area contributed by atoms with Crippen molar-refractivity contribution in [1.29, 1.82) is 0 Å². The van der Waals surface area contributed by atoms with Gasteiger partial charge in [-0.1, -0.05) is 25.1 Å². The van der Waals surface area contributed by atoms with Crippen molar-refractivity contribution in [3.63, 3.8) is 0 Å². The standard InChI is InChI=1S/C17H26N2O/c1-2-17(20)15-8-3-4-9-16(15)19-12-6-11-18-10-5-7-14(18)13-19/h3-4,8-9,14,17,20H,2,5-7,10-13H2,1H3/t14?,17-/m0/s1. The Labute approximate surface area is 122 Å². The molecule has 20 heavy (non-hydrogen) atoms. The first-order chi connectivity index (χ1) is 9.79. The van der Waals surface area contributed by atoms with Gasteiger partial charge in [-0.05, 0) is 38.3 Å². The minimum absolute atomic E-state index is 0.339. The predicted octanol–water partition coefficient (Wildman–Crippen LogP) is 2.80. The summed E-state index contributed by atoms with van der Waals surface area (Å²) >= 11 is 0. The van der Waals surface area contributed by atoms with E-state index in [1.54, 1.807) is 0 Å². The monoisotopic (exact) mass is 274 g/mol. The molecule has 0 amide bonds. The van der Waals surface area contributed by atoms with Gasteiger partial charge in [-0.3, -0.25) is 4.90 Å². The van der Waals surface area contributed by atoms with Gasteiger partial charge in [0.25, 0.3) is 0 Å². The molecule has 1 aromatic carbocycles. The molecule has 0 spiro atoms. The Balaban J connectivity index is 1.84. The number of benzene rings is 1.